The largest absolute Gasteiger partial charge is 0.484 e. The predicted octanol–water partition coefficient (Wildman–Crippen LogP) is 3.65. The molecule has 2 aliphatic rings. The highest BCUT2D eigenvalue weighted by atomic mass is 32.2. The maximum atomic E-state index is 12.3. The SMILES string of the molecule is O=C(O)CC1CCN(C(=O)COc2ccc(C3SCCCS3)cc2)CC1. The van der Waals surface area contributed by atoms with Gasteiger partial charge in [-0.1, -0.05) is 12.1 Å². The van der Waals surface area contributed by atoms with Gasteiger partial charge in [0.25, 0.3) is 5.91 Å². The normalized spacial score (nSPS) is 19.3. The first-order chi connectivity index (χ1) is 12.6. The van der Waals surface area contributed by atoms with Crippen molar-refractivity contribution in [2.45, 2.75) is 30.3 Å². The van der Waals surface area contributed by atoms with E-state index < -0.39 is 5.97 Å². The summed E-state index contributed by atoms with van der Waals surface area (Å²) in [6, 6.07) is 8.06. The Morgan fingerprint density at radius 1 is 1.12 bits per heavy atom. The number of rotatable bonds is 6. The second kappa shape index (κ2) is 9.55. The number of likely N-dealkylation sites (tertiary alicyclic amines) is 1. The molecule has 1 N–H and O–H groups in total. The fourth-order valence-corrected chi connectivity index (χ4v) is 6.17. The van der Waals surface area contributed by atoms with Gasteiger partial charge in [0.1, 0.15) is 5.75 Å². The molecule has 2 fully saturated rings. The molecule has 2 aliphatic heterocycles. The molecule has 2 heterocycles. The maximum absolute atomic E-state index is 12.3. The number of carboxylic acid groups (broad SMARTS) is 1. The average Bonchev–Trinajstić information content (AvgIpc) is 2.67. The second-order valence-corrected chi connectivity index (χ2v) is 9.43. The smallest absolute Gasteiger partial charge is 0.303 e. The predicted molar refractivity (Wildman–Crippen MR) is 106 cm³/mol. The van der Waals surface area contributed by atoms with Crippen LogP contribution < -0.4 is 4.74 Å². The van der Waals surface area contributed by atoms with Gasteiger partial charge in [0.05, 0.1) is 4.58 Å². The van der Waals surface area contributed by atoms with Crippen LogP contribution in [0.1, 0.15) is 35.8 Å². The fraction of sp³-hybridized carbons (Fsp3) is 0.579. The molecule has 1 aromatic carbocycles. The summed E-state index contributed by atoms with van der Waals surface area (Å²) in [6.45, 7) is 1.28. The number of thioether (sulfide) groups is 2. The molecule has 0 bridgehead atoms. The minimum Gasteiger partial charge on any atom is -0.484 e. The van der Waals surface area contributed by atoms with Gasteiger partial charge in [0, 0.05) is 19.5 Å². The third-order valence-electron chi connectivity index (χ3n) is 4.77. The Morgan fingerprint density at radius 2 is 1.77 bits per heavy atom. The summed E-state index contributed by atoms with van der Waals surface area (Å²) in [5.74, 6) is 2.54. The molecule has 0 unspecified atom stereocenters. The third kappa shape index (κ3) is 5.58. The summed E-state index contributed by atoms with van der Waals surface area (Å²) >= 11 is 3.98. The van der Waals surface area contributed by atoms with E-state index in [1.807, 2.05) is 35.7 Å². The molecular weight excluding hydrogens is 370 g/mol. The van der Waals surface area contributed by atoms with Crippen molar-refractivity contribution in [3.8, 4) is 5.75 Å². The standard InChI is InChI=1S/C19H25NO4S2/c21-17(20-8-6-14(7-9-20)12-18(22)23)13-24-16-4-2-15(3-5-16)19-25-10-1-11-26-19/h2-5,14,19H,1,6-13H2,(H,22,23). The number of hydrogen-bond acceptors (Lipinski definition) is 5. The zero-order chi connectivity index (χ0) is 18.4. The number of nitrogens with zero attached hydrogens (tertiary/aromatic N) is 1. The van der Waals surface area contributed by atoms with Crippen LogP contribution in [0.15, 0.2) is 24.3 Å². The van der Waals surface area contributed by atoms with Crippen molar-refractivity contribution in [2.24, 2.45) is 5.92 Å². The zero-order valence-corrected chi connectivity index (χ0v) is 16.4. The molecule has 1 amide bonds. The molecule has 0 radical (unpaired) electrons. The van der Waals surface area contributed by atoms with Crippen molar-refractivity contribution < 1.29 is 19.4 Å². The van der Waals surface area contributed by atoms with Crippen molar-refractivity contribution in [2.75, 3.05) is 31.2 Å². The number of aliphatic carboxylic acids is 1. The first-order valence-electron chi connectivity index (χ1n) is 9.07. The number of carbonyl (C=O) groups is 2. The van der Waals surface area contributed by atoms with Gasteiger partial charge in [-0.05, 0) is 54.4 Å². The van der Waals surface area contributed by atoms with Gasteiger partial charge < -0.3 is 14.7 Å². The molecule has 0 aliphatic carbocycles. The molecule has 0 atom stereocenters. The van der Waals surface area contributed by atoms with Gasteiger partial charge in [-0.15, -0.1) is 23.5 Å². The Kier molecular flexibility index (Phi) is 7.14. The lowest BCUT2D eigenvalue weighted by molar-refractivity contribution is -0.139. The van der Waals surface area contributed by atoms with E-state index in [2.05, 4.69) is 12.1 Å². The third-order valence-corrected chi connectivity index (χ3v) is 7.79. The highest BCUT2D eigenvalue weighted by molar-refractivity contribution is 8.16. The van der Waals surface area contributed by atoms with Crippen molar-refractivity contribution in [1.82, 2.24) is 4.90 Å². The van der Waals surface area contributed by atoms with Crippen LogP contribution in [0.4, 0.5) is 0 Å². The lowest BCUT2D eigenvalue weighted by Gasteiger charge is -2.31. The van der Waals surface area contributed by atoms with E-state index in [9.17, 15) is 9.59 Å². The Hall–Kier alpha value is -1.34. The van der Waals surface area contributed by atoms with Crippen LogP contribution in [0.3, 0.4) is 0 Å². The molecule has 3 rings (SSSR count). The number of piperidine rings is 1. The zero-order valence-electron chi connectivity index (χ0n) is 14.8. The second-order valence-electron chi connectivity index (χ2n) is 6.71. The Balaban J connectivity index is 1.42. The van der Waals surface area contributed by atoms with Gasteiger partial charge in [-0.3, -0.25) is 9.59 Å². The lowest BCUT2D eigenvalue weighted by atomic mass is 9.94. The van der Waals surface area contributed by atoms with Crippen LogP contribution in [0.5, 0.6) is 5.75 Å². The Labute approximate surface area is 162 Å². The molecule has 1 aromatic rings. The van der Waals surface area contributed by atoms with Crippen molar-refractivity contribution >= 4 is 35.4 Å². The molecule has 5 nitrogen and oxygen atoms in total. The van der Waals surface area contributed by atoms with E-state index in [1.165, 1.54) is 23.5 Å². The number of ether oxygens (including phenoxy) is 1. The highest BCUT2D eigenvalue weighted by Gasteiger charge is 2.24. The van der Waals surface area contributed by atoms with Crippen LogP contribution >= 0.6 is 23.5 Å². The minimum absolute atomic E-state index is 0.0266. The monoisotopic (exact) mass is 395 g/mol. The van der Waals surface area contributed by atoms with E-state index in [0.717, 1.165) is 12.8 Å². The Bertz CT molecular complexity index is 608. The molecular formula is C19H25NO4S2. The van der Waals surface area contributed by atoms with Gasteiger partial charge in [0.15, 0.2) is 6.61 Å². The van der Waals surface area contributed by atoms with Crippen LogP contribution in [-0.2, 0) is 9.59 Å². The van der Waals surface area contributed by atoms with Crippen LogP contribution in [0.2, 0.25) is 0 Å². The van der Waals surface area contributed by atoms with Crippen molar-refractivity contribution in [3.63, 3.8) is 0 Å². The van der Waals surface area contributed by atoms with Gasteiger partial charge >= 0.3 is 5.97 Å². The number of carboxylic acids is 1. The van der Waals surface area contributed by atoms with Gasteiger partial charge in [0.2, 0.25) is 0 Å². The van der Waals surface area contributed by atoms with Crippen LogP contribution in [-0.4, -0.2) is 53.1 Å². The maximum Gasteiger partial charge on any atom is 0.303 e. The van der Waals surface area contributed by atoms with Crippen LogP contribution in [0.25, 0.3) is 0 Å². The summed E-state index contributed by atoms with van der Waals surface area (Å²) in [5, 5.41) is 8.85. The summed E-state index contributed by atoms with van der Waals surface area (Å²) in [7, 11) is 0. The summed E-state index contributed by atoms with van der Waals surface area (Å²) < 4.78 is 6.16. The molecule has 0 aromatic heterocycles. The first kappa shape index (κ1) is 19.4. The van der Waals surface area contributed by atoms with Crippen LogP contribution in [0, 0.1) is 5.92 Å². The van der Waals surface area contributed by atoms with Gasteiger partial charge in [-0.25, -0.2) is 0 Å². The number of benzene rings is 1. The molecule has 142 valence electrons. The van der Waals surface area contributed by atoms with E-state index in [-0.39, 0.29) is 24.9 Å². The van der Waals surface area contributed by atoms with E-state index in [0.29, 0.717) is 23.4 Å². The van der Waals surface area contributed by atoms with E-state index in [4.69, 9.17) is 9.84 Å². The first-order valence-corrected chi connectivity index (χ1v) is 11.2. The summed E-state index contributed by atoms with van der Waals surface area (Å²) in [5.41, 5.74) is 1.30. The lowest BCUT2D eigenvalue weighted by Crippen LogP contribution is -2.41. The topological polar surface area (TPSA) is 66.8 Å². The number of carbonyl (C=O) groups excluding carboxylic acids is 1. The Morgan fingerprint density at radius 3 is 2.38 bits per heavy atom. The summed E-state index contributed by atoms with van der Waals surface area (Å²) in [6.07, 6.45) is 2.98. The van der Waals surface area contributed by atoms with E-state index in [1.54, 1.807) is 4.90 Å². The highest BCUT2D eigenvalue weighted by Crippen LogP contribution is 2.43. The number of hydrogen-bond donors (Lipinski definition) is 1. The van der Waals surface area contributed by atoms with Gasteiger partial charge in [-0.2, -0.15) is 0 Å². The average molecular weight is 396 g/mol. The molecule has 0 spiro atoms. The van der Waals surface area contributed by atoms with E-state index >= 15 is 0 Å². The molecule has 7 heteroatoms. The quantitative estimate of drug-likeness (QED) is 0.793. The fourth-order valence-electron chi connectivity index (χ4n) is 3.27. The molecule has 26 heavy (non-hydrogen) atoms. The van der Waals surface area contributed by atoms with Crippen molar-refractivity contribution in [1.29, 1.82) is 0 Å². The molecule has 2 saturated heterocycles. The van der Waals surface area contributed by atoms with Crippen molar-refractivity contribution in [3.05, 3.63) is 29.8 Å². The summed E-state index contributed by atoms with van der Waals surface area (Å²) in [4.78, 5) is 24.8. The molecule has 0 saturated carbocycles. The number of amides is 1. The minimum atomic E-state index is -0.758.